The highest BCUT2D eigenvalue weighted by atomic mass is 79.9. The zero-order valence-corrected chi connectivity index (χ0v) is 19.8. The number of pyridine rings is 2. The maximum absolute atomic E-state index is 5.35. The Balaban J connectivity index is 1.61. The van der Waals surface area contributed by atoms with Gasteiger partial charge in [0.2, 0.25) is 0 Å². The third-order valence-electron chi connectivity index (χ3n) is 6.34. The van der Waals surface area contributed by atoms with Gasteiger partial charge in [0.25, 0.3) is 0 Å². The number of benzene rings is 3. The van der Waals surface area contributed by atoms with Gasteiger partial charge in [-0.1, -0.05) is 46.3 Å². The molecule has 33 heavy (non-hydrogen) atoms. The molecular formula is C29H21BrN2O. The summed E-state index contributed by atoms with van der Waals surface area (Å²) in [6.07, 6.45) is 1.84. The Morgan fingerprint density at radius 2 is 1.52 bits per heavy atom. The van der Waals surface area contributed by atoms with Crippen molar-refractivity contribution < 1.29 is 4.74 Å². The van der Waals surface area contributed by atoms with Crippen molar-refractivity contribution in [3.05, 3.63) is 101 Å². The van der Waals surface area contributed by atoms with E-state index in [-0.39, 0.29) is 0 Å². The van der Waals surface area contributed by atoms with Gasteiger partial charge in [0.15, 0.2) is 0 Å². The molecule has 3 nitrogen and oxygen atoms in total. The fraction of sp³-hybridized carbons (Fsp3) is 0.103. The third kappa shape index (κ3) is 3.61. The largest absolute Gasteiger partial charge is 0.497 e. The van der Waals surface area contributed by atoms with Crippen molar-refractivity contribution >= 4 is 26.8 Å². The lowest BCUT2D eigenvalue weighted by Gasteiger charge is -2.23. The molecule has 1 aliphatic rings. The number of aryl methyl sites for hydroxylation is 1. The summed E-state index contributed by atoms with van der Waals surface area (Å²) >= 11 is 3.57. The number of para-hydroxylation sites is 1. The third-order valence-corrected chi connectivity index (χ3v) is 6.86. The van der Waals surface area contributed by atoms with Crippen molar-refractivity contribution in [2.45, 2.75) is 12.8 Å². The van der Waals surface area contributed by atoms with Crippen LogP contribution in [0.1, 0.15) is 11.3 Å². The van der Waals surface area contributed by atoms with Crippen LogP contribution in [0.2, 0.25) is 0 Å². The molecular weight excluding hydrogens is 472 g/mol. The second-order valence-corrected chi connectivity index (χ2v) is 9.21. The normalized spacial score (nSPS) is 12.3. The summed E-state index contributed by atoms with van der Waals surface area (Å²) in [4.78, 5) is 10.2. The van der Waals surface area contributed by atoms with E-state index in [4.69, 9.17) is 14.7 Å². The van der Waals surface area contributed by atoms with E-state index in [0.717, 1.165) is 62.2 Å². The van der Waals surface area contributed by atoms with Gasteiger partial charge in [-0.3, -0.25) is 4.98 Å². The van der Waals surface area contributed by atoms with Gasteiger partial charge in [0.05, 0.1) is 29.7 Å². The van der Waals surface area contributed by atoms with Gasteiger partial charge >= 0.3 is 0 Å². The van der Waals surface area contributed by atoms with Gasteiger partial charge in [-0.2, -0.15) is 0 Å². The summed E-state index contributed by atoms with van der Waals surface area (Å²) in [6, 6.07) is 29.5. The predicted molar refractivity (Wildman–Crippen MR) is 138 cm³/mol. The molecule has 2 heterocycles. The molecule has 160 valence electrons. The molecule has 2 aromatic heterocycles. The summed E-state index contributed by atoms with van der Waals surface area (Å²) < 4.78 is 6.43. The highest BCUT2D eigenvalue weighted by Crippen LogP contribution is 2.40. The first-order chi connectivity index (χ1) is 16.2. The van der Waals surface area contributed by atoms with Crippen LogP contribution in [0.3, 0.4) is 0 Å². The number of hydrogen-bond acceptors (Lipinski definition) is 3. The number of halogens is 1. The van der Waals surface area contributed by atoms with E-state index >= 15 is 0 Å². The molecule has 5 aromatic rings. The molecule has 0 radical (unpaired) electrons. The van der Waals surface area contributed by atoms with Crippen molar-refractivity contribution in [1.29, 1.82) is 0 Å². The molecule has 0 aliphatic heterocycles. The van der Waals surface area contributed by atoms with Crippen LogP contribution in [0.25, 0.3) is 44.5 Å². The number of aromatic nitrogens is 2. The fourth-order valence-electron chi connectivity index (χ4n) is 4.64. The molecule has 1 aliphatic carbocycles. The Hall–Kier alpha value is -3.50. The van der Waals surface area contributed by atoms with Gasteiger partial charge in [-0.15, -0.1) is 0 Å². The molecule has 0 fully saturated rings. The first-order valence-corrected chi connectivity index (χ1v) is 11.8. The highest BCUT2D eigenvalue weighted by molar-refractivity contribution is 9.10. The van der Waals surface area contributed by atoms with E-state index < -0.39 is 0 Å². The number of ether oxygens (including phenoxy) is 1. The van der Waals surface area contributed by atoms with E-state index in [1.807, 2.05) is 18.2 Å². The lowest BCUT2D eigenvalue weighted by atomic mass is 9.85. The van der Waals surface area contributed by atoms with Gasteiger partial charge in [-0.25, -0.2) is 4.98 Å². The molecule has 0 amide bonds. The molecule has 0 N–H and O–H groups in total. The first kappa shape index (κ1) is 20.1. The van der Waals surface area contributed by atoms with E-state index in [1.54, 1.807) is 7.11 Å². The minimum atomic E-state index is 0.839. The van der Waals surface area contributed by atoms with Crippen molar-refractivity contribution in [2.24, 2.45) is 0 Å². The lowest BCUT2D eigenvalue weighted by molar-refractivity contribution is 0.415. The van der Waals surface area contributed by atoms with Crippen LogP contribution in [0.15, 0.2) is 89.4 Å². The lowest BCUT2D eigenvalue weighted by Crippen LogP contribution is -2.10. The van der Waals surface area contributed by atoms with E-state index in [2.05, 4.69) is 82.7 Å². The summed E-state index contributed by atoms with van der Waals surface area (Å²) in [5.74, 6) is 0.839. The zero-order chi connectivity index (χ0) is 22.4. The van der Waals surface area contributed by atoms with Crippen LogP contribution in [0, 0.1) is 0 Å². The summed E-state index contributed by atoms with van der Waals surface area (Å²) in [5.41, 5.74) is 10.1. The quantitative estimate of drug-likeness (QED) is 0.261. The smallest absolute Gasteiger partial charge is 0.118 e. The molecule has 0 unspecified atom stereocenters. The van der Waals surface area contributed by atoms with E-state index in [9.17, 15) is 0 Å². The summed E-state index contributed by atoms with van der Waals surface area (Å²) in [5, 5.41) is 1.14. The average Bonchev–Trinajstić information content (AvgIpc) is 2.87. The Kier molecular flexibility index (Phi) is 4.96. The van der Waals surface area contributed by atoms with Crippen LogP contribution in [0.4, 0.5) is 0 Å². The van der Waals surface area contributed by atoms with Gasteiger partial charge in [-0.05, 0) is 84.1 Å². The van der Waals surface area contributed by atoms with Crippen LogP contribution in [0.5, 0.6) is 5.75 Å². The monoisotopic (exact) mass is 492 g/mol. The minimum absolute atomic E-state index is 0.839. The van der Waals surface area contributed by atoms with E-state index in [0.29, 0.717) is 0 Å². The molecule has 0 spiro atoms. The summed E-state index contributed by atoms with van der Waals surface area (Å²) in [7, 11) is 1.69. The highest BCUT2D eigenvalue weighted by Gasteiger charge is 2.24. The maximum Gasteiger partial charge on any atom is 0.118 e. The Morgan fingerprint density at radius 1 is 0.758 bits per heavy atom. The number of hydrogen-bond donors (Lipinski definition) is 0. The maximum atomic E-state index is 5.35. The van der Waals surface area contributed by atoms with Gasteiger partial charge in [0, 0.05) is 21.0 Å². The van der Waals surface area contributed by atoms with Crippen LogP contribution >= 0.6 is 15.9 Å². The van der Waals surface area contributed by atoms with E-state index in [1.165, 1.54) is 16.7 Å². The second kappa shape index (κ2) is 8.13. The van der Waals surface area contributed by atoms with Crippen molar-refractivity contribution in [3.63, 3.8) is 0 Å². The number of rotatable bonds is 3. The van der Waals surface area contributed by atoms with Gasteiger partial charge < -0.3 is 4.74 Å². The Bertz CT molecular complexity index is 1490. The van der Waals surface area contributed by atoms with Crippen LogP contribution < -0.4 is 4.74 Å². The minimum Gasteiger partial charge on any atom is -0.497 e. The van der Waals surface area contributed by atoms with Crippen molar-refractivity contribution in [2.75, 3.05) is 7.11 Å². The average molecular weight is 493 g/mol. The molecule has 6 rings (SSSR count). The number of methoxy groups -OCH3 is 1. The zero-order valence-electron chi connectivity index (χ0n) is 18.2. The van der Waals surface area contributed by atoms with Crippen LogP contribution in [-0.2, 0) is 12.8 Å². The van der Waals surface area contributed by atoms with Crippen molar-refractivity contribution in [3.8, 4) is 39.4 Å². The molecule has 0 saturated heterocycles. The Morgan fingerprint density at radius 3 is 2.30 bits per heavy atom. The first-order valence-electron chi connectivity index (χ1n) is 11.0. The number of fused-ring (bicyclic) bond motifs is 4. The van der Waals surface area contributed by atoms with Crippen molar-refractivity contribution in [1.82, 2.24) is 9.97 Å². The molecule has 0 saturated carbocycles. The molecule has 0 bridgehead atoms. The molecule has 0 atom stereocenters. The summed E-state index contributed by atoms with van der Waals surface area (Å²) in [6.45, 7) is 0. The topological polar surface area (TPSA) is 35.0 Å². The predicted octanol–water partition coefficient (Wildman–Crippen LogP) is 7.50. The second-order valence-electron chi connectivity index (χ2n) is 8.29. The van der Waals surface area contributed by atoms with Gasteiger partial charge in [0.1, 0.15) is 5.75 Å². The molecule has 4 heteroatoms. The standard InChI is InChI=1S/C29H21BrN2O/c1-33-22-12-8-19(9-13-22)28-17-24(18-6-10-21(30)11-7-18)23-14-15-27-25(29(23)32-28)16-20-4-2-3-5-26(20)31-27/h2-13,16-17H,14-15H2,1H3. The fourth-order valence-corrected chi connectivity index (χ4v) is 4.90. The Labute approximate surface area is 201 Å². The van der Waals surface area contributed by atoms with Crippen LogP contribution in [-0.4, -0.2) is 17.1 Å². The number of nitrogens with zero attached hydrogens (tertiary/aromatic N) is 2. The molecule has 3 aromatic carbocycles. The SMILES string of the molecule is COc1ccc(-c2cc(-c3ccc(Br)cc3)c3c(n2)-c2cc4ccccc4nc2CC3)cc1.